The molecule has 0 aromatic rings. The third kappa shape index (κ3) is 7.25. The molecule has 0 aromatic carbocycles. The van der Waals surface area contributed by atoms with Crippen LogP contribution in [0.4, 0.5) is 0 Å². The molecular weight excluding hydrogens is 162 g/mol. The van der Waals surface area contributed by atoms with E-state index in [1.165, 1.54) is 0 Å². The second kappa shape index (κ2) is 6.09. The molecule has 4 heteroatoms. The Hall–Kier alpha value is -0.640. The van der Waals surface area contributed by atoms with Crippen molar-refractivity contribution in [3.63, 3.8) is 0 Å². The maximum atomic E-state index is 10.8. The van der Waals surface area contributed by atoms with E-state index in [-0.39, 0.29) is 5.97 Å². The van der Waals surface area contributed by atoms with Crippen LogP contribution < -0.4 is 5.48 Å². The van der Waals surface area contributed by atoms with Crippen molar-refractivity contribution in [1.29, 1.82) is 0 Å². The van der Waals surface area contributed by atoms with Crippen LogP contribution in [-0.4, -0.2) is 11.0 Å². The summed E-state index contributed by atoms with van der Waals surface area (Å²) in [5.74, 6) is -0.254. The Labute approximate surface area is 72.1 Å². The van der Waals surface area contributed by atoms with Gasteiger partial charge in [-0.15, -0.1) is 0 Å². The molecule has 0 spiro atoms. The predicted octanol–water partition coefficient (Wildman–Crippen LogP) is 1.57. The summed E-state index contributed by atoms with van der Waals surface area (Å²) in [7, 11) is 0. The molecule has 0 unspecified atom stereocenters. The largest absolute Gasteiger partial charge is 0.343 e. The second-order valence-corrected chi connectivity index (χ2v) is 2.85. The molecule has 0 radical (unpaired) electrons. The molecule has 0 atom stereocenters. The van der Waals surface area contributed by atoms with Gasteiger partial charge in [-0.2, -0.15) is 0 Å². The van der Waals surface area contributed by atoms with Crippen LogP contribution in [0.25, 0.3) is 0 Å². The van der Waals surface area contributed by atoms with Crippen molar-refractivity contribution in [2.75, 3.05) is 0 Å². The number of unbranched alkanes of at least 4 members (excludes halogenated alkanes) is 1. The number of hydroxylamine groups is 1. The minimum atomic E-state index is -0.254. The Bertz CT molecular complexity index is 147. The summed E-state index contributed by atoms with van der Waals surface area (Å²) < 4.78 is 0. The van der Waals surface area contributed by atoms with Gasteiger partial charge in [0.15, 0.2) is 0 Å². The zero-order chi connectivity index (χ0) is 8.69. The maximum Gasteiger partial charge on any atom is 0.332 e. The van der Waals surface area contributed by atoms with E-state index in [0.29, 0.717) is 11.4 Å². The molecule has 0 fully saturated rings. The third-order valence-electron chi connectivity index (χ3n) is 1.04. The van der Waals surface area contributed by atoms with Gasteiger partial charge >= 0.3 is 5.97 Å². The molecule has 0 aromatic heterocycles. The Kier molecular flexibility index (Phi) is 5.74. The molecule has 0 amide bonds. The van der Waals surface area contributed by atoms with Gasteiger partial charge in [0.2, 0.25) is 0 Å². The first kappa shape index (κ1) is 10.4. The molecule has 0 rings (SSSR count). The van der Waals surface area contributed by atoms with Gasteiger partial charge in [0.25, 0.3) is 0 Å². The number of nitrogens with one attached hydrogen (secondary N) is 1. The lowest BCUT2D eigenvalue weighted by atomic mass is 10.3. The SMILES string of the molecule is CCCCC(=O)ONC(C)=S. The number of hydrogen-bond acceptors (Lipinski definition) is 3. The summed E-state index contributed by atoms with van der Waals surface area (Å²) in [6, 6.07) is 0. The highest BCUT2D eigenvalue weighted by Gasteiger charge is 2.00. The van der Waals surface area contributed by atoms with Crippen LogP contribution in [0.15, 0.2) is 0 Å². The van der Waals surface area contributed by atoms with Crippen LogP contribution in [-0.2, 0) is 9.63 Å². The van der Waals surface area contributed by atoms with E-state index in [4.69, 9.17) is 0 Å². The maximum absolute atomic E-state index is 10.8. The van der Waals surface area contributed by atoms with Gasteiger partial charge in [-0.25, -0.2) is 10.3 Å². The molecular formula is C7H13NO2S. The lowest BCUT2D eigenvalue weighted by Gasteiger charge is -2.02. The summed E-state index contributed by atoms with van der Waals surface area (Å²) in [5.41, 5.74) is 2.34. The Morgan fingerprint density at radius 3 is 2.73 bits per heavy atom. The fraction of sp³-hybridized carbons (Fsp3) is 0.714. The van der Waals surface area contributed by atoms with E-state index in [1.54, 1.807) is 6.92 Å². The highest BCUT2D eigenvalue weighted by molar-refractivity contribution is 7.80. The number of carbonyl (C=O) groups is 1. The molecule has 1 N–H and O–H groups in total. The van der Waals surface area contributed by atoms with Crippen molar-refractivity contribution in [3.8, 4) is 0 Å². The first-order valence-electron chi connectivity index (χ1n) is 3.63. The van der Waals surface area contributed by atoms with Gasteiger partial charge in [0.1, 0.15) is 4.99 Å². The molecule has 0 heterocycles. The first-order chi connectivity index (χ1) is 5.16. The topological polar surface area (TPSA) is 38.3 Å². The molecule has 0 aliphatic heterocycles. The lowest BCUT2D eigenvalue weighted by Crippen LogP contribution is -2.22. The highest BCUT2D eigenvalue weighted by atomic mass is 32.1. The van der Waals surface area contributed by atoms with Crippen molar-refractivity contribution in [2.45, 2.75) is 33.1 Å². The smallest absolute Gasteiger partial charge is 0.332 e. The minimum Gasteiger partial charge on any atom is -0.343 e. The molecule has 0 bridgehead atoms. The van der Waals surface area contributed by atoms with Crippen LogP contribution in [0.2, 0.25) is 0 Å². The van der Waals surface area contributed by atoms with Crippen LogP contribution in [0.3, 0.4) is 0 Å². The summed E-state index contributed by atoms with van der Waals surface area (Å²) in [5, 5.41) is 0. The van der Waals surface area contributed by atoms with Gasteiger partial charge in [-0.1, -0.05) is 25.6 Å². The van der Waals surface area contributed by atoms with Crippen molar-refractivity contribution in [1.82, 2.24) is 5.48 Å². The fourth-order valence-electron chi connectivity index (χ4n) is 0.501. The first-order valence-corrected chi connectivity index (χ1v) is 4.04. The Morgan fingerprint density at radius 1 is 1.64 bits per heavy atom. The van der Waals surface area contributed by atoms with E-state index in [2.05, 4.69) is 22.5 Å². The third-order valence-corrected chi connectivity index (χ3v) is 1.13. The van der Waals surface area contributed by atoms with Crippen LogP contribution >= 0.6 is 12.2 Å². The summed E-state index contributed by atoms with van der Waals surface area (Å²) in [6.07, 6.45) is 2.30. The monoisotopic (exact) mass is 175 g/mol. The molecule has 3 nitrogen and oxygen atoms in total. The summed E-state index contributed by atoms with van der Waals surface area (Å²) in [6.45, 7) is 3.67. The van der Waals surface area contributed by atoms with Crippen LogP contribution in [0, 0.1) is 0 Å². The van der Waals surface area contributed by atoms with Gasteiger partial charge in [0.05, 0.1) is 0 Å². The van der Waals surface area contributed by atoms with Gasteiger partial charge < -0.3 is 4.84 Å². The number of hydrogen-bond donors (Lipinski definition) is 1. The van der Waals surface area contributed by atoms with Crippen LogP contribution in [0.1, 0.15) is 33.1 Å². The van der Waals surface area contributed by atoms with Gasteiger partial charge in [0, 0.05) is 6.42 Å². The zero-order valence-corrected chi connectivity index (χ0v) is 7.66. The molecule has 0 aliphatic carbocycles. The van der Waals surface area contributed by atoms with E-state index in [0.717, 1.165) is 12.8 Å². The molecule has 0 aliphatic rings. The molecule has 11 heavy (non-hydrogen) atoms. The average Bonchev–Trinajstić information content (AvgIpc) is 1.97. The van der Waals surface area contributed by atoms with E-state index in [9.17, 15) is 4.79 Å². The van der Waals surface area contributed by atoms with E-state index in [1.807, 2.05) is 6.92 Å². The highest BCUT2D eigenvalue weighted by Crippen LogP contribution is 1.94. The summed E-state index contributed by atoms with van der Waals surface area (Å²) >= 11 is 4.64. The Morgan fingerprint density at radius 2 is 2.27 bits per heavy atom. The van der Waals surface area contributed by atoms with E-state index >= 15 is 0 Å². The average molecular weight is 175 g/mol. The van der Waals surface area contributed by atoms with Crippen molar-refractivity contribution in [2.24, 2.45) is 0 Å². The standard InChI is InChI=1S/C7H13NO2S/c1-3-4-5-7(9)10-8-6(2)11/h3-5H2,1-2H3,(H,8,11). The zero-order valence-electron chi connectivity index (χ0n) is 6.85. The van der Waals surface area contributed by atoms with E-state index < -0.39 is 0 Å². The molecule has 64 valence electrons. The number of rotatable bonds is 3. The Balaban J connectivity index is 3.30. The molecule has 0 saturated heterocycles. The predicted molar refractivity (Wildman–Crippen MR) is 47.0 cm³/mol. The van der Waals surface area contributed by atoms with Crippen molar-refractivity contribution < 1.29 is 9.63 Å². The van der Waals surface area contributed by atoms with Crippen molar-refractivity contribution in [3.05, 3.63) is 0 Å². The normalized spacial score (nSPS) is 8.91. The lowest BCUT2D eigenvalue weighted by molar-refractivity contribution is -0.147. The van der Waals surface area contributed by atoms with Gasteiger partial charge in [-0.05, 0) is 13.3 Å². The second-order valence-electron chi connectivity index (χ2n) is 2.24. The van der Waals surface area contributed by atoms with Crippen LogP contribution in [0.5, 0.6) is 0 Å². The number of carbonyl (C=O) groups excluding carboxylic acids is 1. The van der Waals surface area contributed by atoms with Gasteiger partial charge in [-0.3, -0.25) is 0 Å². The molecule has 0 saturated carbocycles. The minimum absolute atomic E-state index is 0.254. The quantitative estimate of drug-likeness (QED) is 0.522. The summed E-state index contributed by atoms with van der Waals surface area (Å²) in [4.78, 5) is 15.8. The fourth-order valence-corrected chi connectivity index (χ4v) is 0.543. The van der Waals surface area contributed by atoms with Crippen molar-refractivity contribution >= 4 is 23.2 Å². The number of thiocarbonyl (C=S) groups is 1.